The summed E-state index contributed by atoms with van der Waals surface area (Å²) < 4.78 is 14.2. The second-order valence-electron chi connectivity index (χ2n) is 8.68. The molecule has 0 aliphatic carbocycles. The number of anilines is 1. The van der Waals surface area contributed by atoms with E-state index in [4.69, 9.17) is 20.3 Å². The fourth-order valence-electron chi connectivity index (χ4n) is 4.28. The Balaban J connectivity index is 1.24. The number of para-hydroxylation sites is 1. The predicted molar refractivity (Wildman–Crippen MR) is 151 cm³/mol. The lowest BCUT2D eigenvalue weighted by Gasteiger charge is -2.18. The van der Waals surface area contributed by atoms with Gasteiger partial charge in [0.25, 0.3) is 0 Å². The highest BCUT2D eigenvalue weighted by atomic mass is 33.1. The zero-order valence-corrected chi connectivity index (χ0v) is 21.6. The number of aromatic nitrogens is 4. The normalized spacial score (nSPS) is 17.3. The van der Waals surface area contributed by atoms with E-state index in [1.54, 1.807) is 0 Å². The number of nitrogens with two attached hydrogens (primary N) is 1. The highest BCUT2D eigenvalue weighted by Gasteiger charge is 2.31. The minimum absolute atomic E-state index is 0.117. The molecule has 0 bridgehead atoms. The molecule has 3 aromatic carbocycles. The maximum Gasteiger partial charge on any atom is 0.164 e. The Labute approximate surface area is 222 Å². The van der Waals surface area contributed by atoms with E-state index in [0.29, 0.717) is 19.0 Å². The Hall–Kier alpha value is -3.53. The van der Waals surface area contributed by atoms with Crippen LogP contribution in [0.4, 0.5) is 5.82 Å². The van der Waals surface area contributed by atoms with E-state index < -0.39 is 0 Å². The van der Waals surface area contributed by atoms with E-state index >= 15 is 0 Å². The van der Waals surface area contributed by atoms with Crippen molar-refractivity contribution in [1.82, 2.24) is 19.7 Å². The van der Waals surface area contributed by atoms with Crippen LogP contribution in [0.2, 0.25) is 0 Å². The van der Waals surface area contributed by atoms with Crippen molar-refractivity contribution in [3.63, 3.8) is 0 Å². The van der Waals surface area contributed by atoms with Crippen LogP contribution in [0.5, 0.6) is 11.5 Å². The number of rotatable bonds is 8. The van der Waals surface area contributed by atoms with E-state index in [1.165, 1.54) is 11.9 Å². The van der Waals surface area contributed by atoms with Crippen LogP contribution in [0, 0.1) is 0 Å². The lowest BCUT2D eigenvalue weighted by atomic mass is 10.1. The molecular weight excluding hydrogens is 502 g/mol. The van der Waals surface area contributed by atoms with Crippen LogP contribution in [-0.4, -0.2) is 36.9 Å². The molecule has 2 N–H and O–H groups in total. The molecule has 6 rings (SSSR count). The molecule has 1 saturated heterocycles. The van der Waals surface area contributed by atoms with Crippen molar-refractivity contribution in [3.8, 4) is 22.8 Å². The lowest BCUT2D eigenvalue weighted by molar-refractivity contribution is 0.0534. The van der Waals surface area contributed by atoms with E-state index in [2.05, 4.69) is 22.1 Å². The van der Waals surface area contributed by atoms with Crippen molar-refractivity contribution in [3.05, 3.63) is 96.8 Å². The Kier molecular flexibility index (Phi) is 6.98. The number of hydrogen-bond donors (Lipinski definition) is 1. The van der Waals surface area contributed by atoms with Gasteiger partial charge in [0, 0.05) is 11.3 Å². The number of nitrogen functional groups attached to an aromatic ring is 1. The molecule has 5 aromatic rings. The zero-order chi connectivity index (χ0) is 25.0. The molecular formula is C28H25N5O2S2. The number of nitrogens with zero attached hydrogens (tertiary/aromatic N) is 4. The molecule has 0 spiro atoms. The summed E-state index contributed by atoms with van der Waals surface area (Å²) in [4.78, 5) is 8.79. The van der Waals surface area contributed by atoms with Gasteiger partial charge in [-0.15, -0.1) is 0 Å². The van der Waals surface area contributed by atoms with Crippen molar-refractivity contribution in [2.75, 3.05) is 11.5 Å². The van der Waals surface area contributed by atoms with Gasteiger partial charge in [0.05, 0.1) is 29.9 Å². The molecule has 0 unspecified atom stereocenters. The monoisotopic (exact) mass is 527 g/mol. The molecule has 0 amide bonds. The van der Waals surface area contributed by atoms with Gasteiger partial charge < -0.3 is 15.2 Å². The molecule has 0 saturated carbocycles. The Morgan fingerprint density at radius 3 is 2.41 bits per heavy atom. The zero-order valence-electron chi connectivity index (χ0n) is 19.9. The topological polar surface area (TPSA) is 88.1 Å². The minimum Gasteiger partial charge on any atom is -0.457 e. The molecule has 1 fully saturated rings. The van der Waals surface area contributed by atoms with E-state index in [0.717, 1.165) is 39.5 Å². The van der Waals surface area contributed by atoms with Crippen LogP contribution in [0.1, 0.15) is 5.56 Å². The first-order chi connectivity index (χ1) is 18.2. The molecule has 3 heterocycles. The summed E-state index contributed by atoms with van der Waals surface area (Å²) in [5.41, 5.74) is 9.92. The third-order valence-electron chi connectivity index (χ3n) is 6.16. The molecule has 2 atom stereocenters. The SMILES string of the molecule is Nc1ncnc2c1c(-c1ccc(Oc3ccccc3)cc1)nn2C[C@@H]1SSC[C@@H]1OCc1ccccc1. The molecule has 37 heavy (non-hydrogen) atoms. The van der Waals surface area contributed by atoms with Gasteiger partial charge in [0.2, 0.25) is 0 Å². The van der Waals surface area contributed by atoms with Gasteiger partial charge in [-0.05, 0) is 42.0 Å². The highest BCUT2D eigenvalue weighted by Crippen LogP contribution is 2.41. The second kappa shape index (κ2) is 10.8. The smallest absolute Gasteiger partial charge is 0.164 e. The predicted octanol–water partition coefficient (Wildman–Crippen LogP) is 6.22. The first-order valence-electron chi connectivity index (χ1n) is 12.0. The summed E-state index contributed by atoms with van der Waals surface area (Å²) in [6.07, 6.45) is 1.61. The number of fused-ring (bicyclic) bond motifs is 1. The van der Waals surface area contributed by atoms with Crippen LogP contribution in [0.3, 0.4) is 0 Å². The van der Waals surface area contributed by atoms with Crippen LogP contribution in [0.15, 0.2) is 91.3 Å². The van der Waals surface area contributed by atoms with Gasteiger partial charge in [-0.3, -0.25) is 0 Å². The summed E-state index contributed by atoms with van der Waals surface area (Å²) in [6.45, 7) is 1.26. The average molecular weight is 528 g/mol. The minimum atomic E-state index is 0.117. The van der Waals surface area contributed by atoms with Crippen LogP contribution < -0.4 is 10.5 Å². The number of ether oxygens (including phenoxy) is 2. The summed E-state index contributed by atoms with van der Waals surface area (Å²) in [5, 5.41) is 5.96. The Morgan fingerprint density at radius 1 is 0.892 bits per heavy atom. The van der Waals surface area contributed by atoms with E-state index in [-0.39, 0.29) is 11.4 Å². The van der Waals surface area contributed by atoms with Crippen molar-refractivity contribution in [1.29, 1.82) is 0 Å². The van der Waals surface area contributed by atoms with Crippen LogP contribution in [-0.2, 0) is 17.9 Å². The molecule has 0 radical (unpaired) electrons. The quantitative estimate of drug-likeness (QED) is 0.238. The standard InChI is InChI=1S/C28H25N5O2S2/c29-27-25-26(20-11-13-22(14-12-20)35-21-9-5-2-6-10-21)32-33(28(25)31-18-30-27)15-24-23(17-36-37-24)34-16-19-7-3-1-4-8-19/h1-14,18,23-24H,15-17H2,(H2,29,30,31)/t23-,24-/m0/s1. The number of benzene rings is 3. The van der Waals surface area contributed by atoms with E-state index in [9.17, 15) is 0 Å². The van der Waals surface area contributed by atoms with Crippen molar-refractivity contribution in [2.45, 2.75) is 24.5 Å². The van der Waals surface area contributed by atoms with Gasteiger partial charge in [-0.1, -0.05) is 70.1 Å². The maximum absolute atomic E-state index is 6.32. The largest absolute Gasteiger partial charge is 0.457 e. The van der Waals surface area contributed by atoms with E-state index in [1.807, 2.05) is 99.1 Å². The fourth-order valence-corrected chi connectivity index (χ4v) is 7.34. The first-order valence-corrected chi connectivity index (χ1v) is 14.4. The third-order valence-corrected chi connectivity index (χ3v) is 9.02. The summed E-state index contributed by atoms with van der Waals surface area (Å²) in [7, 11) is 3.68. The molecule has 1 aliphatic heterocycles. The van der Waals surface area contributed by atoms with Gasteiger partial charge in [0.1, 0.15) is 29.3 Å². The lowest BCUT2D eigenvalue weighted by Crippen LogP contribution is -2.28. The summed E-state index contributed by atoms with van der Waals surface area (Å²) in [5.74, 6) is 2.90. The maximum atomic E-state index is 6.32. The van der Waals surface area contributed by atoms with Gasteiger partial charge >= 0.3 is 0 Å². The number of hydrogen-bond acceptors (Lipinski definition) is 8. The fraction of sp³-hybridized carbons (Fsp3) is 0.179. The third kappa shape index (κ3) is 5.29. The molecule has 2 aromatic heterocycles. The highest BCUT2D eigenvalue weighted by molar-refractivity contribution is 8.77. The van der Waals surface area contributed by atoms with Crippen molar-refractivity contribution in [2.24, 2.45) is 0 Å². The van der Waals surface area contributed by atoms with Gasteiger partial charge in [-0.2, -0.15) is 5.10 Å². The molecule has 7 nitrogen and oxygen atoms in total. The second-order valence-corrected chi connectivity index (χ2v) is 11.3. The van der Waals surface area contributed by atoms with Crippen LogP contribution in [0.25, 0.3) is 22.3 Å². The van der Waals surface area contributed by atoms with Crippen molar-refractivity contribution < 1.29 is 9.47 Å². The molecule has 186 valence electrons. The summed E-state index contributed by atoms with van der Waals surface area (Å²) in [6, 6.07) is 27.8. The Morgan fingerprint density at radius 2 is 1.62 bits per heavy atom. The first kappa shape index (κ1) is 23.8. The summed E-state index contributed by atoms with van der Waals surface area (Å²) >= 11 is 0. The Bertz CT molecular complexity index is 1480. The van der Waals surface area contributed by atoms with Crippen molar-refractivity contribution >= 4 is 38.4 Å². The van der Waals surface area contributed by atoms with Crippen LogP contribution >= 0.6 is 21.6 Å². The van der Waals surface area contributed by atoms with Gasteiger partial charge in [0.15, 0.2) is 5.65 Å². The average Bonchev–Trinajstić information content (AvgIpc) is 3.54. The molecule has 1 aliphatic rings. The van der Waals surface area contributed by atoms with Gasteiger partial charge in [-0.25, -0.2) is 14.6 Å². The molecule has 9 heteroatoms.